The van der Waals surface area contributed by atoms with E-state index in [2.05, 4.69) is 16.5 Å². The Morgan fingerprint density at radius 2 is 1.96 bits per heavy atom. The summed E-state index contributed by atoms with van der Waals surface area (Å²) in [5.41, 5.74) is 4.77. The molecule has 0 unspecified atom stereocenters. The molecular formula is C19H20FN3O. The van der Waals surface area contributed by atoms with Gasteiger partial charge in [0.25, 0.3) is 0 Å². The molecule has 24 heavy (non-hydrogen) atoms. The van der Waals surface area contributed by atoms with Crippen LogP contribution in [0.4, 0.5) is 4.39 Å². The van der Waals surface area contributed by atoms with Crippen LogP contribution >= 0.6 is 0 Å². The molecule has 5 heteroatoms. The molecule has 0 aliphatic carbocycles. The molecule has 0 N–H and O–H groups in total. The predicted molar refractivity (Wildman–Crippen MR) is 91.6 cm³/mol. The predicted octanol–water partition coefficient (Wildman–Crippen LogP) is 3.91. The van der Waals surface area contributed by atoms with Crippen LogP contribution in [0.1, 0.15) is 23.6 Å². The molecule has 3 heterocycles. The van der Waals surface area contributed by atoms with E-state index in [4.69, 9.17) is 9.72 Å². The minimum atomic E-state index is -0.230. The van der Waals surface area contributed by atoms with Crippen molar-refractivity contribution < 1.29 is 9.13 Å². The van der Waals surface area contributed by atoms with E-state index < -0.39 is 0 Å². The van der Waals surface area contributed by atoms with Gasteiger partial charge in [0.1, 0.15) is 11.6 Å². The highest BCUT2D eigenvalue weighted by Gasteiger charge is 2.39. The number of benzene rings is 1. The van der Waals surface area contributed by atoms with Crippen LogP contribution in [0.25, 0.3) is 22.4 Å². The first-order valence-corrected chi connectivity index (χ1v) is 8.10. The molecule has 0 radical (unpaired) electrons. The fourth-order valence-corrected chi connectivity index (χ4v) is 3.39. The Morgan fingerprint density at radius 1 is 1.21 bits per heavy atom. The minimum absolute atomic E-state index is 0.202. The average molecular weight is 325 g/mol. The molecule has 0 atom stereocenters. The van der Waals surface area contributed by atoms with Crippen molar-refractivity contribution in [1.29, 1.82) is 0 Å². The van der Waals surface area contributed by atoms with Gasteiger partial charge in [-0.3, -0.25) is 4.98 Å². The van der Waals surface area contributed by atoms with Gasteiger partial charge in [-0.15, -0.1) is 0 Å². The highest BCUT2D eigenvalue weighted by Crippen LogP contribution is 2.37. The number of aromatic nitrogens is 3. The van der Waals surface area contributed by atoms with Gasteiger partial charge < -0.3 is 9.30 Å². The van der Waals surface area contributed by atoms with Gasteiger partial charge in [0.05, 0.1) is 41.5 Å². The summed E-state index contributed by atoms with van der Waals surface area (Å²) in [6.07, 6.45) is 3.51. The minimum Gasteiger partial charge on any atom is -0.376 e. The number of fused-ring (bicyclic) bond motifs is 1. The maximum Gasteiger partial charge on any atom is 0.144 e. The van der Waals surface area contributed by atoms with E-state index >= 15 is 4.39 Å². The summed E-state index contributed by atoms with van der Waals surface area (Å²) >= 11 is 0. The summed E-state index contributed by atoms with van der Waals surface area (Å²) in [6.45, 7) is 9.07. The lowest BCUT2D eigenvalue weighted by Gasteiger charge is -2.40. The van der Waals surface area contributed by atoms with Crippen LogP contribution in [0.15, 0.2) is 24.5 Å². The van der Waals surface area contributed by atoms with Gasteiger partial charge in [-0.1, -0.05) is 0 Å². The number of imidazole rings is 1. The highest BCUT2D eigenvalue weighted by molar-refractivity contribution is 5.81. The Morgan fingerprint density at radius 3 is 2.62 bits per heavy atom. The second kappa shape index (κ2) is 5.11. The third kappa shape index (κ3) is 2.01. The lowest BCUT2D eigenvalue weighted by Crippen LogP contribution is -2.49. The van der Waals surface area contributed by atoms with E-state index in [0.29, 0.717) is 30.2 Å². The molecule has 2 aromatic heterocycles. The Hall–Kier alpha value is -2.27. The van der Waals surface area contributed by atoms with E-state index in [9.17, 15) is 0 Å². The average Bonchev–Trinajstić information content (AvgIpc) is 2.93. The maximum absolute atomic E-state index is 15.0. The van der Waals surface area contributed by atoms with Crippen LogP contribution in [-0.2, 0) is 10.3 Å². The second-order valence-corrected chi connectivity index (χ2v) is 6.93. The summed E-state index contributed by atoms with van der Waals surface area (Å²) in [5, 5.41) is 0. The number of hydrogen-bond acceptors (Lipinski definition) is 3. The molecule has 1 fully saturated rings. The first kappa shape index (κ1) is 15.3. The third-order valence-electron chi connectivity index (χ3n) is 5.14. The van der Waals surface area contributed by atoms with Crippen molar-refractivity contribution in [2.24, 2.45) is 0 Å². The molecule has 1 saturated heterocycles. The highest BCUT2D eigenvalue weighted by atomic mass is 19.1. The fourth-order valence-electron chi connectivity index (χ4n) is 3.39. The maximum atomic E-state index is 15.0. The Kier molecular flexibility index (Phi) is 3.25. The molecule has 0 saturated carbocycles. The fraction of sp³-hybridized carbons (Fsp3) is 0.368. The van der Waals surface area contributed by atoms with E-state index in [-0.39, 0.29) is 11.4 Å². The van der Waals surface area contributed by atoms with Crippen molar-refractivity contribution >= 4 is 11.0 Å². The van der Waals surface area contributed by atoms with Crippen LogP contribution in [0.2, 0.25) is 0 Å². The second-order valence-electron chi connectivity index (χ2n) is 6.93. The van der Waals surface area contributed by atoms with Gasteiger partial charge in [0.15, 0.2) is 0 Å². The number of nitrogens with zero attached hydrogens (tertiary/aromatic N) is 3. The largest absolute Gasteiger partial charge is 0.376 e. The molecule has 0 spiro atoms. The molecule has 0 amide bonds. The van der Waals surface area contributed by atoms with Crippen molar-refractivity contribution in [2.75, 3.05) is 13.2 Å². The Balaban J connectivity index is 2.06. The van der Waals surface area contributed by atoms with Crippen molar-refractivity contribution in [3.63, 3.8) is 0 Å². The van der Waals surface area contributed by atoms with Crippen LogP contribution in [-0.4, -0.2) is 27.7 Å². The lowest BCUT2D eigenvalue weighted by molar-refractivity contribution is -0.0868. The van der Waals surface area contributed by atoms with Crippen molar-refractivity contribution in [3.8, 4) is 11.4 Å². The molecule has 4 rings (SSSR count). The molecule has 1 aliphatic heterocycles. The normalized spacial score (nSPS) is 16.4. The molecule has 3 aromatic rings. The first-order chi connectivity index (χ1) is 11.4. The van der Waals surface area contributed by atoms with Gasteiger partial charge >= 0.3 is 0 Å². The van der Waals surface area contributed by atoms with Crippen molar-refractivity contribution in [3.05, 3.63) is 47.0 Å². The zero-order valence-corrected chi connectivity index (χ0v) is 14.4. The van der Waals surface area contributed by atoms with Gasteiger partial charge in [0, 0.05) is 6.20 Å². The monoisotopic (exact) mass is 325 g/mol. The van der Waals surface area contributed by atoms with Gasteiger partial charge in [-0.05, 0) is 56.5 Å². The zero-order chi connectivity index (χ0) is 17.1. The van der Waals surface area contributed by atoms with E-state index in [0.717, 1.165) is 22.2 Å². The van der Waals surface area contributed by atoms with Crippen LogP contribution in [0.3, 0.4) is 0 Å². The molecular weight excluding hydrogens is 305 g/mol. The number of rotatable bonds is 2. The number of halogens is 1. The summed E-state index contributed by atoms with van der Waals surface area (Å²) < 4.78 is 22.6. The Bertz CT molecular complexity index is 957. The molecule has 1 aromatic carbocycles. The van der Waals surface area contributed by atoms with Crippen LogP contribution in [0, 0.1) is 26.6 Å². The summed E-state index contributed by atoms with van der Waals surface area (Å²) in [4.78, 5) is 8.96. The molecule has 1 aliphatic rings. The standard InChI is InChI=1S/C19H20FN3O/c1-11-7-14(17(20)13(3)12(11)2)18-22-15-5-6-21-8-16(15)23(18)19(4)9-24-10-19/h5-8H,9-10H2,1-4H3. The van der Waals surface area contributed by atoms with Crippen LogP contribution < -0.4 is 0 Å². The quantitative estimate of drug-likeness (QED) is 0.717. The number of aryl methyl sites for hydroxylation is 1. The smallest absolute Gasteiger partial charge is 0.144 e. The van der Waals surface area contributed by atoms with Gasteiger partial charge in [0.2, 0.25) is 0 Å². The first-order valence-electron chi connectivity index (χ1n) is 8.10. The van der Waals surface area contributed by atoms with Crippen molar-refractivity contribution in [1.82, 2.24) is 14.5 Å². The SMILES string of the molecule is Cc1cc(-c2nc3ccncc3n2C2(C)COC2)c(F)c(C)c1C. The zero-order valence-electron chi connectivity index (χ0n) is 14.4. The van der Waals surface area contributed by atoms with Gasteiger partial charge in [-0.25, -0.2) is 9.37 Å². The molecule has 124 valence electrons. The summed E-state index contributed by atoms with van der Waals surface area (Å²) in [7, 11) is 0. The van der Waals surface area contributed by atoms with E-state index in [1.165, 1.54) is 0 Å². The molecule has 0 bridgehead atoms. The van der Waals surface area contributed by atoms with E-state index in [1.807, 2.05) is 32.9 Å². The van der Waals surface area contributed by atoms with Crippen molar-refractivity contribution in [2.45, 2.75) is 33.2 Å². The summed E-state index contributed by atoms with van der Waals surface area (Å²) in [6, 6.07) is 3.76. The number of hydrogen-bond donors (Lipinski definition) is 0. The van der Waals surface area contributed by atoms with Gasteiger partial charge in [-0.2, -0.15) is 0 Å². The molecule has 4 nitrogen and oxygen atoms in total. The third-order valence-corrected chi connectivity index (χ3v) is 5.14. The van der Waals surface area contributed by atoms with E-state index in [1.54, 1.807) is 12.4 Å². The topological polar surface area (TPSA) is 39.9 Å². The summed E-state index contributed by atoms with van der Waals surface area (Å²) in [5.74, 6) is 0.443. The lowest BCUT2D eigenvalue weighted by atomic mass is 9.96. The van der Waals surface area contributed by atoms with Crippen LogP contribution in [0.5, 0.6) is 0 Å². The Labute approximate surface area is 140 Å². The number of pyridine rings is 1. The number of ether oxygens (including phenoxy) is 1.